The summed E-state index contributed by atoms with van der Waals surface area (Å²) >= 11 is 0. The van der Waals surface area contributed by atoms with Crippen molar-refractivity contribution in [2.45, 2.75) is 76.8 Å². The van der Waals surface area contributed by atoms with E-state index in [1.165, 1.54) is 5.57 Å². The van der Waals surface area contributed by atoms with E-state index >= 15 is 0 Å². The minimum atomic E-state index is -4.61. The Balaban J connectivity index is 1.90. The summed E-state index contributed by atoms with van der Waals surface area (Å²) in [7, 11) is 0. The van der Waals surface area contributed by atoms with Crippen LogP contribution in [0.25, 0.3) is 0 Å². The Kier molecular flexibility index (Phi) is 10.1. The molecule has 1 heterocycles. The topological polar surface area (TPSA) is 61.7 Å². The van der Waals surface area contributed by atoms with Crippen molar-refractivity contribution in [1.29, 1.82) is 0 Å². The van der Waals surface area contributed by atoms with Gasteiger partial charge in [0.2, 0.25) is 0 Å². The highest BCUT2D eigenvalue weighted by Gasteiger charge is 2.32. The van der Waals surface area contributed by atoms with Gasteiger partial charge in [0, 0.05) is 12.3 Å². The van der Waals surface area contributed by atoms with Crippen molar-refractivity contribution in [3.05, 3.63) is 59.2 Å². The number of carboxylic acid groups (broad SMARTS) is 1. The Bertz CT molecular complexity index is 891. The second-order valence-corrected chi connectivity index (χ2v) is 8.45. The largest absolute Gasteiger partial charge is 0.481 e. The van der Waals surface area contributed by atoms with Crippen molar-refractivity contribution in [2.75, 3.05) is 6.54 Å². The normalized spacial score (nSPS) is 15.8. The van der Waals surface area contributed by atoms with Gasteiger partial charge in [0.15, 0.2) is 0 Å². The van der Waals surface area contributed by atoms with E-state index in [1.54, 1.807) is 6.08 Å². The zero-order chi connectivity index (χ0) is 24.4. The zero-order valence-electron chi connectivity index (χ0n) is 19.0. The number of benzene rings is 1. The number of hydrogen-bond donors (Lipinski definition) is 2. The molecular formula is C25H32F4N2O2. The van der Waals surface area contributed by atoms with E-state index in [2.05, 4.69) is 23.8 Å². The summed E-state index contributed by atoms with van der Waals surface area (Å²) in [5, 5.41) is 12.5. The molecule has 0 saturated heterocycles. The standard InChI is InChI=1S/C25H32F4N2O2/c1-3-20(31-24-17(2)9-8-14-30-24)11-7-5-4-6-10-18(15-23(32)33)21-16-19(25(27,28)29)12-13-22(21)26/h3,12-13,16,18,30H,1,4-11,14-15H2,2H3,(H,32,33). The van der Waals surface area contributed by atoms with E-state index in [-0.39, 0.29) is 5.56 Å². The molecule has 0 aliphatic carbocycles. The maximum Gasteiger partial charge on any atom is 0.416 e. The maximum absolute atomic E-state index is 14.2. The SMILES string of the molecule is C=CC(CCCCCCC(CC(=O)O)c1cc(C(F)(F)F)ccc1F)=NC1=C(C)CCCN1. The molecule has 1 aliphatic heterocycles. The molecule has 0 saturated carbocycles. The van der Waals surface area contributed by atoms with Crippen molar-refractivity contribution in [3.8, 4) is 0 Å². The van der Waals surface area contributed by atoms with Crippen LogP contribution in [-0.4, -0.2) is 23.3 Å². The van der Waals surface area contributed by atoms with E-state index in [9.17, 15) is 27.5 Å². The first kappa shape index (κ1) is 26.6. The highest BCUT2D eigenvalue weighted by molar-refractivity contribution is 5.95. The van der Waals surface area contributed by atoms with Crippen LogP contribution in [0.1, 0.15) is 81.8 Å². The number of unbranched alkanes of at least 4 members (excludes halogenated alkanes) is 3. The lowest BCUT2D eigenvalue weighted by Crippen LogP contribution is -2.20. The van der Waals surface area contributed by atoms with E-state index < -0.39 is 35.9 Å². The molecule has 33 heavy (non-hydrogen) atoms. The van der Waals surface area contributed by atoms with Gasteiger partial charge >= 0.3 is 12.1 Å². The van der Waals surface area contributed by atoms with Crippen molar-refractivity contribution >= 4 is 11.7 Å². The van der Waals surface area contributed by atoms with Gasteiger partial charge in [-0.25, -0.2) is 9.38 Å². The highest BCUT2D eigenvalue weighted by Crippen LogP contribution is 2.35. The molecule has 0 radical (unpaired) electrons. The van der Waals surface area contributed by atoms with Gasteiger partial charge in [-0.15, -0.1) is 0 Å². The number of aliphatic imine (C=N–C) groups is 1. The quantitative estimate of drug-likeness (QED) is 0.198. The van der Waals surface area contributed by atoms with Gasteiger partial charge in [-0.05, 0) is 80.4 Å². The Morgan fingerprint density at radius 3 is 2.64 bits per heavy atom. The van der Waals surface area contributed by atoms with Crippen LogP contribution in [0.15, 0.2) is 47.2 Å². The van der Waals surface area contributed by atoms with Crippen molar-refractivity contribution < 1.29 is 27.5 Å². The summed E-state index contributed by atoms with van der Waals surface area (Å²) in [6.45, 7) is 6.80. The average Bonchev–Trinajstić information content (AvgIpc) is 2.75. The van der Waals surface area contributed by atoms with E-state index in [0.717, 1.165) is 68.7 Å². The van der Waals surface area contributed by atoms with Crippen molar-refractivity contribution in [2.24, 2.45) is 4.99 Å². The zero-order valence-corrected chi connectivity index (χ0v) is 19.0. The number of rotatable bonds is 12. The lowest BCUT2D eigenvalue weighted by Gasteiger charge is -2.18. The second kappa shape index (κ2) is 12.6. The summed E-state index contributed by atoms with van der Waals surface area (Å²) in [4.78, 5) is 15.9. The lowest BCUT2D eigenvalue weighted by atomic mass is 9.88. The second-order valence-electron chi connectivity index (χ2n) is 8.45. The monoisotopic (exact) mass is 468 g/mol. The molecule has 8 heteroatoms. The maximum atomic E-state index is 14.2. The van der Waals surface area contributed by atoms with E-state index in [1.807, 2.05) is 0 Å². The molecule has 182 valence electrons. The molecule has 0 spiro atoms. The van der Waals surface area contributed by atoms with Gasteiger partial charge in [-0.1, -0.05) is 25.8 Å². The fraction of sp³-hybridized carbons (Fsp3) is 0.520. The molecule has 0 bridgehead atoms. The number of carbonyl (C=O) groups is 1. The number of hydrogen-bond acceptors (Lipinski definition) is 3. The molecule has 2 rings (SSSR count). The minimum Gasteiger partial charge on any atom is -0.481 e. The van der Waals surface area contributed by atoms with E-state index in [4.69, 9.17) is 0 Å². The Morgan fingerprint density at radius 1 is 1.27 bits per heavy atom. The third-order valence-electron chi connectivity index (χ3n) is 5.84. The number of nitrogens with zero attached hydrogens (tertiary/aromatic N) is 1. The molecular weight excluding hydrogens is 436 g/mol. The minimum absolute atomic E-state index is 0.183. The van der Waals surface area contributed by atoms with Crippen LogP contribution in [-0.2, 0) is 11.0 Å². The number of halogens is 4. The van der Waals surface area contributed by atoms with Gasteiger partial charge in [0.05, 0.1) is 12.0 Å². The fourth-order valence-corrected chi connectivity index (χ4v) is 3.97. The third kappa shape index (κ3) is 8.67. The van der Waals surface area contributed by atoms with Crippen LogP contribution in [0, 0.1) is 5.82 Å². The molecule has 0 aromatic heterocycles. The molecule has 0 fully saturated rings. The van der Waals surface area contributed by atoms with Crippen LogP contribution < -0.4 is 5.32 Å². The Hall–Kier alpha value is -2.64. The van der Waals surface area contributed by atoms with Crippen LogP contribution in [0.5, 0.6) is 0 Å². The predicted octanol–water partition coefficient (Wildman–Crippen LogP) is 6.99. The first-order valence-corrected chi connectivity index (χ1v) is 11.3. The average molecular weight is 469 g/mol. The first-order valence-electron chi connectivity index (χ1n) is 11.3. The number of alkyl halides is 3. The van der Waals surface area contributed by atoms with E-state index in [0.29, 0.717) is 18.9 Å². The van der Waals surface area contributed by atoms with Gasteiger partial charge in [0.25, 0.3) is 0 Å². The molecule has 1 atom stereocenters. The summed E-state index contributed by atoms with van der Waals surface area (Å²) < 4.78 is 53.3. The van der Waals surface area contributed by atoms with Crippen molar-refractivity contribution in [1.82, 2.24) is 5.32 Å². The van der Waals surface area contributed by atoms with Gasteiger partial charge in [-0.3, -0.25) is 4.79 Å². The molecule has 1 aromatic carbocycles. The lowest BCUT2D eigenvalue weighted by molar-refractivity contribution is -0.138. The Morgan fingerprint density at radius 2 is 2.00 bits per heavy atom. The smallest absolute Gasteiger partial charge is 0.416 e. The predicted molar refractivity (Wildman–Crippen MR) is 122 cm³/mol. The number of carboxylic acids is 1. The molecule has 1 aromatic rings. The first-order chi connectivity index (χ1) is 15.6. The Labute approximate surface area is 192 Å². The molecule has 0 amide bonds. The van der Waals surface area contributed by atoms with Crippen LogP contribution >= 0.6 is 0 Å². The summed E-state index contributed by atoms with van der Waals surface area (Å²) in [6.07, 6.45) is 2.99. The number of nitrogens with one attached hydrogen (secondary N) is 1. The summed E-state index contributed by atoms with van der Waals surface area (Å²) in [5.41, 5.74) is 0.973. The van der Waals surface area contributed by atoms with Gasteiger partial charge in [-0.2, -0.15) is 13.2 Å². The number of allylic oxidation sites excluding steroid dienone is 2. The third-order valence-corrected chi connectivity index (χ3v) is 5.84. The van der Waals surface area contributed by atoms with Crippen LogP contribution in [0.3, 0.4) is 0 Å². The molecule has 4 nitrogen and oxygen atoms in total. The highest BCUT2D eigenvalue weighted by atomic mass is 19.4. The number of aliphatic carboxylic acids is 1. The molecule has 1 unspecified atom stereocenters. The summed E-state index contributed by atoms with van der Waals surface area (Å²) in [5.74, 6) is -1.86. The van der Waals surface area contributed by atoms with Gasteiger partial charge in [0.1, 0.15) is 11.6 Å². The fourth-order valence-electron chi connectivity index (χ4n) is 3.97. The van der Waals surface area contributed by atoms with Gasteiger partial charge < -0.3 is 10.4 Å². The van der Waals surface area contributed by atoms with Crippen molar-refractivity contribution in [3.63, 3.8) is 0 Å². The molecule has 2 N–H and O–H groups in total. The summed E-state index contributed by atoms with van der Waals surface area (Å²) in [6, 6.07) is 2.18. The van der Waals surface area contributed by atoms with Crippen LogP contribution in [0.2, 0.25) is 0 Å². The molecule has 1 aliphatic rings. The van der Waals surface area contributed by atoms with Crippen LogP contribution in [0.4, 0.5) is 17.6 Å².